The molecule has 0 atom stereocenters. The molecule has 0 unspecified atom stereocenters. The van der Waals surface area contributed by atoms with E-state index in [1.54, 1.807) is 4.90 Å². The number of carbonyl (C=O) groups is 1. The zero-order chi connectivity index (χ0) is 14.1. The Hall–Kier alpha value is -1.99. The molecule has 0 saturated heterocycles. The first kappa shape index (κ1) is 15.1. The third kappa shape index (κ3) is 5.02. The van der Waals surface area contributed by atoms with Crippen LogP contribution in [-0.2, 0) is 0 Å². The highest BCUT2D eigenvalue weighted by Gasteiger charge is 2.08. The average molecular weight is 260 g/mol. The second-order valence-corrected chi connectivity index (χ2v) is 3.96. The Morgan fingerprint density at radius 1 is 1.37 bits per heavy atom. The van der Waals surface area contributed by atoms with Crippen LogP contribution in [0.4, 0.5) is 10.5 Å². The maximum absolute atomic E-state index is 11.9. The van der Waals surface area contributed by atoms with E-state index in [-0.39, 0.29) is 12.6 Å². The van der Waals surface area contributed by atoms with Crippen LogP contribution in [0.2, 0.25) is 0 Å². The van der Waals surface area contributed by atoms with Crippen LogP contribution in [0.3, 0.4) is 0 Å². The van der Waals surface area contributed by atoms with Gasteiger partial charge in [0.25, 0.3) is 0 Å². The molecule has 2 N–H and O–H groups in total. The molecule has 19 heavy (non-hydrogen) atoms. The summed E-state index contributed by atoms with van der Waals surface area (Å²) in [5.41, 5.74) is 1.55. The molecule has 1 rings (SSSR count). The van der Waals surface area contributed by atoms with E-state index in [0.717, 1.165) is 11.3 Å². The molecule has 0 bridgehead atoms. The summed E-state index contributed by atoms with van der Waals surface area (Å²) >= 11 is 0. The van der Waals surface area contributed by atoms with Gasteiger partial charge < -0.3 is 15.3 Å². The minimum Gasteiger partial charge on any atom is -0.395 e. The van der Waals surface area contributed by atoms with Crippen molar-refractivity contribution in [3.8, 4) is 11.8 Å². The zero-order valence-electron chi connectivity index (χ0n) is 11.4. The fourth-order valence-electron chi connectivity index (χ4n) is 1.61. The van der Waals surface area contributed by atoms with E-state index in [0.29, 0.717) is 19.5 Å². The first-order valence-electron chi connectivity index (χ1n) is 6.47. The molecule has 4 nitrogen and oxygen atoms in total. The Balaban J connectivity index is 2.72. The topological polar surface area (TPSA) is 52.6 Å². The van der Waals surface area contributed by atoms with Crippen molar-refractivity contribution in [2.24, 2.45) is 0 Å². The van der Waals surface area contributed by atoms with Gasteiger partial charge in [-0.25, -0.2) is 4.79 Å². The smallest absolute Gasteiger partial charge is 0.321 e. The number of rotatable bonds is 4. The Labute approximate surface area is 114 Å². The fraction of sp³-hybridized carbons (Fsp3) is 0.400. The molecule has 1 aromatic carbocycles. The SMILES string of the molecule is CCN(CC)C(=O)Nc1cccc(C#CCCO)c1. The molecule has 0 aliphatic heterocycles. The van der Waals surface area contributed by atoms with Gasteiger partial charge in [-0.3, -0.25) is 0 Å². The molecule has 0 fully saturated rings. The quantitative estimate of drug-likeness (QED) is 0.816. The lowest BCUT2D eigenvalue weighted by Crippen LogP contribution is -2.34. The average Bonchev–Trinajstić information content (AvgIpc) is 2.41. The maximum atomic E-state index is 11.9. The summed E-state index contributed by atoms with van der Waals surface area (Å²) in [6.45, 7) is 5.31. The van der Waals surface area contributed by atoms with Gasteiger partial charge in [0, 0.05) is 30.8 Å². The minimum absolute atomic E-state index is 0.0609. The first-order chi connectivity index (χ1) is 9.21. The molecule has 2 amide bonds. The highest BCUT2D eigenvalue weighted by Crippen LogP contribution is 2.10. The monoisotopic (exact) mass is 260 g/mol. The Kier molecular flexibility index (Phi) is 6.48. The number of carbonyl (C=O) groups excluding carboxylic acids is 1. The van der Waals surface area contributed by atoms with Gasteiger partial charge >= 0.3 is 6.03 Å². The molecule has 1 aromatic rings. The highest BCUT2D eigenvalue weighted by molar-refractivity contribution is 5.89. The van der Waals surface area contributed by atoms with Gasteiger partial charge in [-0.2, -0.15) is 0 Å². The minimum atomic E-state index is -0.106. The zero-order valence-corrected chi connectivity index (χ0v) is 11.4. The lowest BCUT2D eigenvalue weighted by Gasteiger charge is -2.19. The number of amides is 2. The largest absolute Gasteiger partial charge is 0.395 e. The Morgan fingerprint density at radius 2 is 2.11 bits per heavy atom. The van der Waals surface area contributed by atoms with Crippen LogP contribution in [0.1, 0.15) is 25.8 Å². The van der Waals surface area contributed by atoms with Gasteiger partial charge in [-0.05, 0) is 32.0 Å². The standard InChI is InChI=1S/C15H20N2O2/c1-3-17(4-2)15(19)16-14-10-7-9-13(12-14)8-5-6-11-18/h7,9-10,12,18H,3-4,6,11H2,1-2H3,(H,16,19). The molecule has 4 heteroatoms. The predicted octanol–water partition coefficient (Wildman–Crippen LogP) is 2.29. The molecular weight excluding hydrogens is 240 g/mol. The third-order valence-corrected chi connectivity index (χ3v) is 2.63. The summed E-state index contributed by atoms with van der Waals surface area (Å²) in [6.07, 6.45) is 0.454. The van der Waals surface area contributed by atoms with Gasteiger partial charge in [0.2, 0.25) is 0 Å². The normalized spacial score (nSPS) is 9.42. The van der Waals surface area contributed by atoms with Crippen molar-refractivity contribution in [1.82, 2.24) is 4.90 Å². The van der Waals surface area contributed by atoms with E-state index in [2.05, 4.69) is 17.2 Å². The molecule has 0 aromatic heterocycles. The summed E-state index contributed by atoms with van der Waals surface area (Å²) in [5.74, 6) is 5.80. The van der Waals surface area contributed by atoms with Crippen molar-refractivity contribution >= 4 is 11.7 Å². The van der Waals surface area contributed by atoms with Crippen molar-refractivity contribution in [3.05, 3.63) is 29.8 Å². The third-order valence-electron chi connectivity index (χ3n) is 2.63. The second kappa shape index (κ2) is 8.17. The van der Waals surface area contributed by atoms with Crippen LogP contribution in [0, 0.1) is 11.8 Å². The summed E-state index contributed by atoms with van der Waals surface area (Å²) in [4.78, 5) is 13.6. The second-order valence-electron chi connectivity index (χ2n) is 3.96. The van der Waals surface area contributed by atoms with Crippen molar-refractivity contribution in [2.45, 2.75) is 20.3 Å². The summed E-state index contributed by atoms with van der Waals surface area (Å²) in [7, 11) is 0. The number of benzene rings is 1. The van der Waals surface area contributed by atoms with Gasteiger partial charge in [0.1, 0.15) is 0 Å². The predicted molar refractivity (Wildman–Crippen MR) is 77.0 cm³/mol. The summed E-state index contributed by atoms with van der Waals surface area (Å²) in [5, 5.41) is 11.5. The number of nitrogens with zero attached hydrogens (tertiary/aromatic N) is 1. The van der Waals surface area contributed by atoms with E-state index < -0.39 is 0 Å². The Morgan fingerprint density at radius 3 is 2.74 bits per heavy atom. The fourth-order valence-corrected chi connectivity index (χ4v) is 1.61. The van der Waals surface area contributed by atoms with Crippen molar-refractivity contribution in [1.29, 1.82) is 0 Å². The van der Waals surface area contributed by atoms with E-state index in [1.807, 2.05) is 38.1 Å². The van der Waals surface area contributed by atoms with E-state index in [9.17, 15) is 4.79 Å². The van der Waals surface area contributed by atoms with Gasteiger partial charge in [0.05, 0.1) is 6.61 Å². The number of urea groups is 1. The van der Waals surface area contributed by atoms with Crippen LogP contribution < -0.4 is 5.32 Å². The molecule has 0 aliphatic carbocycles. The number of hydrogen-bond acceptors (Lipinski definition) is 2. The van der Waals surface area contributed by atoms with E-state index in [1.165, 1.54) is 0 Å². The molecule has 0 heterocycles. The first-order valence-corrected chi connectivity index (χ1v) is 6.47. The van der Waals surface area contributed by atoms with Crippen LogP contribution >= 0.6 is 0 Å². The van der Waals surface area contributed by atoms with Crippen LogP contribution in [0.5, 0.6) is 0 Å². The molecule has 0 radical (unpaired) electrons. The summed E-state index contributed by atoms with van der Waals surface area (Å²) < 4.78 is 0. The molecule has 0 aliphatic rings. The number of anilines is 1. The molecule has 0 saturated carbocycles. The Bertz CT molecular complexity index is 471. The summed E-state index contributed by atoms with van der Waals surface area (Å²) in [6, 6.07) is 7.27. The maximum Gasteiger partial charge on any atom is 0.321 e. The van der Waals surface area contributed by atoms with Crippen LogP contribution in [-0.4, -0.2) is 35.7 Å². The van der Waals surface area contributed by atoms with Crippen LogP contribution in [0.25, 0.3) is 0 Å². The van der Waals surface area contributed by atoms with Crippen molar-refractivity contribution in [2.75, 3.05) is 25.0 Å². The van der Waals surface area contributed by atoms with Gasteiger partial charge in [-0.1, -0.05) is 17.9 Å². The van der Waals surface area contributed by atoms with Crippen molar-refractivity contribution in [3.63, 3.8) is 0 Å². The lowest BCUT2D eigenvalue weighted by molar-refractivity contribution is 0.217. The van der Waals surface area contributed by atoms with E-state index in [4.69, 9.17) is 5.11 Å². The lowest BCUT2D eigenvalue weighted by atomic mass is 10.2. The molecule has 0 spiro atoms. The number of hydrogen-bond donors (Lipinski definition) is 2. The van der Waals surface area contributed by atoms with Crippen LogP contribution in [0.15, 0.2) is 24.3 Å². The molecule has 102 valence electrons. The molecular formula is C15H20N2O2. The highest BCUT2D eigenvalue weighted by atomic mass is 16.2. The number of aliphatic hydroxyl groups excluding tert-OH is 1. The number of aliphatic hydroxyl groups is 1. The van der Waals surface area contributed by atoms with Gasteiger partial charge in [0.15, 0.2) is 0 Å². The number of nitrogens with one attached hydrogen (secondary N) is 1. The van der Waals surface area contributed by atoms with Gasteiger partial charge in [-0.15, -0.1) is 0 Å². The van der Waals surface area contributed by atoms with Crippen molar-refractivity contribution < 1.29 is 9.90 Å². The van der Waals surface area contributed by atoms with E-state index >= 15 is 0 Å².